The molecule has 43 heavy (non-hydrogen) atoms. The van der Waals surface area contributed by atoms with Crippen LogP contribution in [-0.4, -0.2) is 9.97 Å². The monoisotopic (exact) mass is 552 g/mol. The number of aromatic amines is 1. The minimum Gasteiger partial charge on any atom is -0.456 e. The Bertz CT molecular complexity index is 2170. The van der Waals surface area contributed by atoms with Gasteiger partial charge in [-0.05, 0) is 70.8 Å². The number of nitrogens with zero attached hydrogens (tertiary/aromatic N) is 2. The lowest BCUT2D eigenvalue weighted by Crippen LogP contribution is -2.17. The van der Waals surface area contributed by atoms with Crippen LogP contribution in [0.1, 0.15) is 0 Å². The van der Waals surface area contributed by atoms with Crippen molar-refractivity contribution in [2.75, 3.05) is 0 Å². The second-order valence-electron chi connectivity index (χ2n) is 10.5. The Hall–Kier alpha value is -5.87. The molecule has 8 rings (SSSR count). The number of nitrogens with one attached hydrogen (secondary N) is 1. The van der Waals surface area contributed by atoms with Gasteiger partial charge in [-0.2, -0.15) is 0 Å². The van der Waals surface area contributed by atoms with Crippen LogP contribution in [0.15, 0.2) is 156 Å². The zero-order chi connectivity index (χ0) is 28.6. The molecule has 0 atom stereocenters. The lowest BCUT2D eigenvalue weighted by Gasteiger charge is -2.10. The number of aromatic nitrogens is 3. The van der Waals surface area contributed by atoms with Gasteiger partial charge in [0.15, 0.2) is 0 Å². The fourth-order valence-electron chi connectivity index (χ4n) is 5.78. The summed E-state index contributed by atoms with van der Waals surface area (Å²) in [5, 5.41) is 2.03. The molecule has 0 saturated heterocycles. The van der Waals surface area contributed by atoms with E-state index in [4.69, 9.17) is 14.4 Å². The lowest BCUT2D eigenvalue weighted by atomic mass is 9.93. The van der Waals surface area contributed by atoms with Crippen LogP contribution in [0, 0.1) is 0 Å². The van der Waals surface area contributed by atoms with Crippen molar-refractivity contribution in [1.29, 1.82) is 0 Å². The van der Waals surface area contributed by atoms with E-state index >= 15 is 0 Å². The first kappa shape index (κ1) is 24.9. The molecule has 0 bridgehead atoms. The topological polar surface area (TPSA) is 53.1 Å². The number of rotatable bonds is 5. The molecule has 0 saturated carbocycles. The molecule has 4 nitrogen and oxygen atoms in total. The van der Waals surface area contributed by atoms with Crippen LogP contribution in [-0.2, 0) is 0 Å². The van der Waals surface area contributed by atoms with Crippen molar-refractivity contribution < 1.29 is 9.40 Å². The average molecular weight is 553 g/mol. The minimum absolute atomic E-state index is 0.639. The van der Waals surface area contributed by atoms with Gasteiger partial charge in [-0.25, -0.2) is 4.98 Å². The highest BCUT2D eigenvalue weighted by molar-refractivity contribution is 6.13. The van der Waals surface area contributed by atoms with Crippen LogP contribution in [0.3, 0.4) is 0 Å². The van der Waals surface area contributed by atoms with Gasteiger partial charge in [0.25, 0.3) is 11.6 Å². The maximum absolute atomic E-state index is 6.39. The largest absolute Gasteiger partial charge is 0.456 e. The molecular weight excluding hydrogens is 526 g/mol. The number of hydrogen-bond donors (Lipinski definition) is 0. The van der Waals surface area contributed by atoms with Crippen LogP contribution in [0.4, 0.5) is 0 Å². The normalized spacial score (nSPS) is 11.3. The molecule has 2 heterocycles. The van der Waals surface area contributed by atoms with E-state index in [1.54, 1.807) is 0 Å². The molecule has 0 fully saturated rings. The smallest absolute Gasteiger partial charge is 0.309 e. The van der Waals surface area contributed by atoms with Gasteiger partial charge in [-0.3, -0.25) is 0 Å². The van der Waals surface area contributed by atoms with Crippen molar-refractivity contribution >= 4 is 21.9 Å². The molecule has 202 valence electrons. The third-order valence-electron chi connectivity index (χ3n) is 7.83. The molecule has 0 aliphatic heterocycles. The summed E-state index contributed by atoms with van der Waals surface area (Å²) in [5.41, 5.74) is 9.22. The lowest BCUT2D eigenvalue weighted by molar-refractivity contribution is -0.359. The number of H-pyrrole nitrogens is 1. The Morgan fingerprint density at radius 3 is 1.58 bits per heavy atom. The van der Waals surface area contributed by atoms with Crippen LogP contribution < -0.4 is 4.98 Å². The van der Waals surface area contributed by atoms with Gasteiger partial charge in [0, 0.05) is 10.8 Å². The molecule has 6 aromatic carbocycles. The highest BCUT2D eigenvalue weighted by Gasteiger charge is 2.23. The fourth-order valence-corrected chi connectivity index (χ4v) is 5.78. The summed E-state index contributed by atoms with van der Waals surface area (Å²) < 4.78 is 6.39. The molecule has 2 aromatic heterocycles. The minimum atomic E-state index is 0.639. The highest BCUT2D eigenvalue weighted by Crippen LogP contribution is 2.39. The Morgan fingerprint density at radius 2 is 0.953 bits per heavy atom. The van der Waals surface area contributed by atoms with E-state index in [9.17, 15) is 0 Å². The molecule has 4 heteroatoms. The second kappa shape index (κ2) is 10.5. The summed E-state index contributed by atoms with van der Waals surface area (Å²) in [5.74, 6) is 2.15. The Balaban J connectivity index is 1.35. The summed E-state index contributed by atoms with van der Waals surface area (Å²) in [6, 6.07) is 51.9. The Kier molecular flexibility index (Phi) is 6.08. The van der Waals surface area contributed by atoms with E-state index in [1.807, 2.05) is 54.6 Å². The van der Waals surface area contributed by atoms with Crippen molar-refractivity contribution in [3.05, 3.63) is 152 Å². The van der Waals surface area contributed by atoms with E-state index in [-0.39, 0.29) is 0 Å². The summed E-state index contributed by atoms with van der Waals surface area (Å²) in [6.45, 7) is 0. The molecule has 0 aliphatic rings. The van der Waals surface area contributed by atoms with Crippen LogP contribution in [0.2, 0.25) is 0 Å². The third kappa shape index (κ3) is 4.55. The standard InChI is InChI=1S/C39H25N3O/c1-4-13-26(14-5-1)30-19-10-11-20-31(30)29-23-24-34-33(25-29)36-32(21-12-22-35(36)43-34)39-41-37(27-15-6-2-7-16-27)40-38(42-39)28-17-8-3-9-18-28/h1-25H/p+1. The zero-order valence-corrected chi connectivity index (χ0v) is 23.2. The predicted octanol–water partition coefficient (Wildman–Crippen LogP) is 9.53. The van der Waals surface area contributed by atoms with Crippen molar-refractivity contribution in [3.63, 3.8) is 0 Å². The fraction of sp³-hybridized carbons (Fsp3) is 0. The second-order valence-corrected chi connectivity index (χ2v) is 10.5. The first-order chi connectivity index (χ1) is 21.3. The average Bonchev–Trinajstić information content (AvgIpc) is 3.47. The van der Waals surface area contributed by atoms with E-state index in [2.05, 4.69) is 102 Å². The number of benzene rings is 6. The summed E-state index contributed by atoms with van der Waals surface area (Å²) in [6.07, 6.45) is 0. The van der Waals surface area contributed by atoms with E-state index in [0.717, 1.165) is 55.8 Å². The molecule has 1 N–H and O–H groups in total. The number of fused-ring (bicyclic) bond motifs is 3. The van der Waals surface area contributed by atoms with Crippen molar-refractivity contribution in [1.82, 2.24) is 9.97 Å². The van der Waals surface area contributed by atoms with Gasteiger partial charge >= 0.3 is 5.82 Å². The molecular formula is C39H26N3O+. The first-order valence-electron chi connectivity index (χ1n) is 14.3. The zero-order valence-electron chi connectivity index (χ0n) is 23.2. The molecule has 0 radical (unpaired) electrons. The van der Waals surface area contributed by atoms with Gasteiger partial charge in [0.2, 0.25) is 0 Å². The number of furan rings is 1. The van der Waals surface area contributed by atoms with Crippen molar-refractivity contribution in [2.24, 2.45) is 0 Å². The third-order valence-corrected chi connectivity index (χ3v) is 7.83. The molecule has 0 unspecified atom stereocenters. The molecule has 0 spiro atoms. The van der Waals surface area contributed by atoms with E-state index in [0.29, 0.717) is 5.82 Å². The SMILES string of the molecule is c1ccc(-c2nc(-c3cccc4oc5ccc(-c6ccccc6-c6ccccc6)cc5c34)nc(-c3ccccc3)[nH+]2)cc1. The van der Waals surface area contributed by atoms with Gasteiger partial charge in [-0.1, -0.05) is 113 Å². The van der Waals surface area contributed by atoms with Crippen molar-refractivity contribution in [2.45, 2.75) is 0 Å². The van der Waals surface area contributed by atoms with E-state index < -0.39 is 0 Å². The van der Waals surface area contributed by atoms with Crippen LogP contribution >= 0.6 is 0 Å². The van der Waals surface area contributed by atoms with Gasteiger partial charge < -0.3 is 4.42 Å². The molecule has 0 amide bonds. The van der Waals surface area contributed by atoms with Gasteiger partial charge in [0.05, 0.1) is 16.7 Å². The Morgan fingerprint density at radius 1 is 0.419 bits per heavy atom. The Labute approximate surface area is 249 Å². The van der Waals surface area contributed by atoms with Crippen molar-refractivity contribution in [3.8, 4) is 56.4 Å². The highest BCUT2D eigenvalue weighted by atomic mass is 16.3. The van der Waals surface area contributed by atoms with Crippen LogP contribution in [0.5, 0.6) is 0 Å². The maximum Gasteiger partial charge on any atom is 0.309 e. The van der Waals surface area contributed by atoms with Crippen LogP contribution in [0.25, 0.3) is 78.4 Å². The molecule has 8 aromatic rings. The predicted molar refractivity (Wildman–Crippen MR) is 173 cm³/mol. The summed E-state index contributed by atoms with van der Waals surface area (Å²) >= 11 is 0. The molecule has 0 aliphatic carbocycles. The van der Waals surface area contributed by atoms with Gasteiger partial charge in [-0.15, -0.1) is 0 Å². The van der Waals surface area contributed by atoms with Gasteiger partial charge in [0.1, 0.15) is 11.2 Å². The first-order valence-corrected chi connectivity index (χ1v) is 14.3. The summed E-state index contributed by atoms with van der Waals surface area (Å²) in [7, 11) is 0. The van der Waals surface area contributed by atoms with E-state index in [1.165, 1.54) is 16.7 Å². The summed E-state index contributed by atoms with van der Waals surface area (Å²) in [4.78, 5) is 13.6. The number of hydrogen-bond acceptors (Lipinski definition) is 3. The maximum atomic E-state index is 6.39. The quantitative estimate of drug-likeness (QED) is 0.214.